The number of phenolic OH excluding ortho intramolecular Hbond substituents is 1. The van der Waals surface area contributed by atoms with Gasteiger partial charge in [-0.1, -0.05) is 66.7 Å². The Morgan fingerprint density at radius 3 is 1.88 bits per heavy atom. The largest absolute Gasteiger partial charge is 0.508 e. The third kappa shape index (κ3) is 13.3. The molecule has 0 saturated carbocycles. The zero-order valence-corrected chi connectivity index (χ0v) is 33.8. The number of rotatable bonds is 21. The fraction of sp³-hybridized carbons (Fsp3) is 0.442. The lowest BCUT2D eigenvalue weighted by atomic mass is 10.00. The highest BCUT2D eigenvalue weighted by Gasteiger charge is 2.41. The third-order valence-electron chi connectivity index (χ3n) is 10.4. The predicted octanol–water partition coefficient (Wildman–Crippen LogP) is 0.0771. The van der Waals surface area contributed by atoms with E-state index in [4.69, 9.17) is 11.5 Å². The molecule has 3 aromatic rings. The van der Waals surface area contributed by atoms with Gasteiger partial charge < -0.3 is 58.1 Å². The maximum Gasteiger partial charge on any atom is 0.328 e. The summed E-state index contributed by atoms with van der Waals surface area (Å²) in [6, 6.07) is 15.4. The molecule has 0 radical (unpaired) electrons. The fourth-order valence-electron chi connectivity index (χ4n) is 6.96. The molecule has 60 heavy (non-hydrogen) atoms. The Morgan fingerprint density at radius 2 is 1.28 bits per heavy atom. The van der Waals surface area contributed by atoms with Crippen LogP contribution in [0.2, 0.25) is 0 Å². The quantitative estimate of drug-likeness (QED) is 0.0639. The second-order valence-corrected chi connectivity index (χ2v) is 15.1. The Morgan fingerprint density at radius 1 is 0.717 bits per heavy atom. The van der Waals surface area contributed by atoms with E-state index in [1.165, 1.54) is 30.9 Å². The number of nitrogens with two attached hydrogens (primary N) is 2. The topological polar surface area (TPSA) is 287 Å². The maximum absolute atomic E-state index is 14.1. The molecule has 8 atom stereocenters. The van der Waals surface area contributed by atoms with Gasteiger partial charge in [0.05, 0.1) is 18.2 Å². The standard InChI is InChI=1S/C43H57N7O10/c1-25(51)36(42(58)50-22-8-12-35(50)41(57)46-33(11-6-7-21-44)39(55)49-37(26(2)52)43(59)60)48-40(56)34(24-28-15-19-31(53)20-16-28)47-38(54)32(45)23-27-13-17-30(18-14-27)29-9-4-3-5-10-29/h3-5,9-10,13-20,25-26,32-37,51-53H,6-8,11-12,21-24,44-45H2,1-2H3,(H,46,57)(H,47,54)(H,48,56)(H,49,55)(H,59,60)/t25-,26-,32+,33+,34+,35+,36+,37+/m1/s1. The van der Waals surface area contributed by atoms with Crippen molar-refractivity contribution < 1.29 is 49.2 Å². The molecule has 4 rings (SSSR count). The van der Waals surface area contributed by atoms with Crippen molar-refractivity contribution in [3.05, 3.63) is 90.0 Å². The normalized spacial score (nSPS) is 17.2. The number of amides is 5. The minimum Gasteiger partial charge on any atom is -0.508 e. The number of likely N-dealkylation sites (tertiary alicyclic amines) is 1. The van der Waals surface area contributed by atoms with Gasteiger partial charge in [-0.15, -0.1) is 0 Å². The fourth-order valence-corrected chi connectivity index (χ4v) is 6.96. The van der Waals surface area contributed by atoms with E-state index >= 15 is 0 Å². The van der Waals surface area contributed by atoms with Crippen LogP contribution in [0.1, 0.15) is 57.1 Å². The summed E-state index contributed by atoms with van der Waals surface area (Å²) in [4.78, 5) is 81.3. The third-order valence-corrected chi connectivity index (χ3v) is 10.4. The number of aliphatic carboxylic acids is 1. The van der Waals surface area contributed by atoms with E-state index in [0.29, 0.717) is 31.4 Å². The zero-order valence-electron chi connectivity index (χ0n) is 33.8. The summed E-state index contributed by atoms with van der Waals surface area (Å²) in [5, 5.41) is 50.1. The van der Waals surface area contributed by atoms with Crippen molar-refractivity contribution in [3.63, 3.8) is 0 Å². The minimum absolute atomic E-state index is 0.0141. The van der Waals surface area contributed by atoms with Crippen molar-refractivity contribution in [2.45, 2.75) is 107 Å². The van der Waals surface area contributed by atoms with Crippen molar-refractivity contribution in [2.24, 2.45) is 11.5 Å². The molecule has 5 amide bonds. The van der Waals surface area contributed by atoms with E-state index in [1.807, 2.05) is 54.6 Å². The number of carbonyl (C=O) groups excluding carboxylic acids is 5. The van der Waals surface area contributed by atoms with Crippen molar-refractivity contribution in [1.82, 2.24) is 26.2 Å². The van der Waals surface area contributed by atoms with Crippen molar-refractivity contribution in [3.8, 4) is 16.9 Å². The van der Waals surface area contributed by atoms with Crippen LogP contribution in [-0.2, 0) is 41.6 Å². The van der Waals surface area contributed by atoms with Gasteiger partial charge in [-0.2, -0.15) is 0 Å². The van der Waals surface area contributed by atoms with E-state index in [9.17, 15) is 49.2 Å². The number of nitrogens with zero attached hydrogens (tertiary/aromatic N) is 1. The molecule has 0 aromatic heterocycles. The molecule has 0 unspecified atom stereocenters. The molecule has 1 saturated heterocycles. The molecule has 12 N–H and O–H groups in total. The van der Waals surface area contributed by atoms with E-state index < -0.39 is 84.0 Å². The van der Waals surface area contributed by atoms with E-state index in [2.05, 4.69) is 21.3 Å². The highest BCUT2D eigenvalue weighted by molar-refractivity contribution is 5.97. The highest BCUT2D eigenvalue weighted by Crippen LogP contribution is 2.22. The zero-order chi connectivity index (χ0) is 43.9. The van der Waals surface area contributed by atoms with Crippen LogP contribution in [0.3, 0.4) is 0 Å². The van der Waals surface area contributed by atoms with Gasteiger partial charge in [0.1, 0.15) is 29.9 Å². The van der Waals surface area contributed by atoms with Crippen molar-refractivity contribution in [2.75, 3.05) is 13.1 Å². The van der Waals surface area contributed by atoms with Crippen LogP contribution in [0, 0.1) is 0 Å². The number of carboxylic acid groups (broad SMARTS) is 1. The molecule has 0 aliphatic carbocycles. The molecule has 3 aromatic carbocycles. The second kappa shape index (κ2) is 22.5. The average Bonchev–Trinajstić information content (AvgIpc) is 3.72. The molecular weight excluding hydrogens is 775 g/mol. The highest BCUT2D eigenvalue weighted by atomic mass is 16.4. The van der Waals surface area contributed by atoms with E-state index in [1.54, 1.807) is 12.1 Å². The van der Waals surface area contributed by atoms with Gasteiger partial charge in [0, 0.05) is 13.0 Å². The number of carbonyl (C=O) groups is 6. The van der Waals surface area contributed by atoms with Crippen LogP contribution in [0.15, 0.2) is 78.9 Å². The molecule has 1 aliphatic heterocycles. The summed E-state index contributed by atoms with van der Waals surface area (Å²) >= 11 is 0. The van der Waals surface area contributed by atoms with Crippen LogP contribution in [0.4, 0.5) is 0 Å². The van der Waals surface area contributed by atoms with Gasteiger partial charge in [0.25, 0.3) is 0 Å². The Kier molecular flexibility index (Phi) is 17.5. The first-order valence-corrected chi connectivity index (χ1v) is 20.1. The van der Waals surface area contributed by atoms with Crippen LogP contribution in [0.5, 0.6) is 5.75 Å². The summed E-state index contributed by atoms with van der Waals surface area (Å²) in [5.74, 6) is -5.30. The molecule has 324 valence electrons. The Labute approximate surface area is 348 Å². The van der Waals surface area contributed by atoms with E-state index in [0.717, 1.165) is 16.7 Å². The molecule has 17 heteroatoms. The number of carboxylic acids is 1. The first-order chi connectivity index (χ1) is 28.6. The first kappa shape index (κ1) is 46.8. The van der Waals surface area contributed by atoms with Crippen molar-refractivity contribution in [1.29, 1.82) is 0 Å². The molecule has 17 nitrogen and oxygen atoms in total. The Bertz CT molecular complexity index is 1910. The van der Waals surface area contributed by atoms with Gasteiger partial charge in [0.15, 0.2) is 6.04 Å². The molecule has 0 spiro atoms. The van der Waals surface area contributed by atoms with Gasteiger partial charge in [0.2, 0.25) is 29.5 Å². The Balaban J connectivity index is 1.48. The van der Waals surface area contributed by atoms with Crippen LogP contribution < -0.4 is 32.7 Å². The van der Waals surface area contributed by atoms with Gasteiger partial charge >= 0.3 is 5.97 Å². The smallest absolute Gasteiger partial charge is 0.328 e. The molecule has 0 bridgehead atoms. The number of nitrogens with one attached hydrogen (secondary N) is 4. The van der Waals surface area contributed by atoms with Gasteiger partial charge in [-0.3, -0.25) is 24.0 Å². The van der Waals surface area contributed by atoms with E-state index in [-0.39, 0.29) is 38.0 Å². The van der Waals surface area contributed by atoms with Crippen LogP contribution >= 0.6 is 0 Å². The molecule has 1 aliphatic rings. The lowest BCUT2D eigenvalue weighted by molar-refractivity contribution is -0.146. The van der Waals surface area contributed by atoms with Gasteiger partial charge in [-0.05, 0) is 93.3 Å². The van der Waals surface area contributed by atoms with Crippen molar-refractivity contribution >= 4 is 35.5 Å². The summed E-state index contributed by atoms with van der Waals surface area (Å²) < 4.78 is 0. The first-order valence-electron chi connectivity index (χ1n) is 20.1. The SMILES string of the molecule is C[C@@H](O)[C@H](NC(=O)[C@H](CCCCN)NC(=O)[C@@H]1CCCN1C(=O)[C@@H](NC(=O)[C@H](Cc1ccc(O)cc1)NC(=O)[C@@H](N)Cc1ccc(-c2ccccc2)cc1)[C@@H](C)O)C(=O)O. The number of aliphatic hydroxyl groups is 2. The molecular formula is C43H57N7O10. The monoisotopic (exact) mass is 831 g/mol. The summed E-state index contributed by atoms with van der Waals surface area (Å²) in [6.45, 7) is 2.88. The second-order valence-electron chi connectivity index (χ2n) is 15.1. The van der Waals surface area contributed by atoms with Crippen LogP contribution in [0.25, 0.3) is 11.1 Å². The molecule has 1 heterocycles. The lowest BCUT2D eigenvalue weighted by Crippen LogP contribution is -2.61. The number of hydrogen-bond acceptors (Lipinski definition) is 11. The predicted molar refractivity (Wildman–Crippen MR) is 222 cm³/mol. The summed E-state index contributed by atoms with van der Waals surface area (Å²) in [6.07, 6.45) is -1.25. The number of aliphatic hydroxyl groups excluding tert-OH is 2. The lowest BCUT2D eigenvalue weighted by Gasteiger charge is -2.32. The van der Waals surface area contributed by atoms with Gasteiger partial charge in [-0.25, -0.2) is 4.79 Å². The maximum atomic E-state index is 14.1. The van der Waals surface area contributed by atoms with Crippen LogP contribution in [-0.4, -0.2) is 122 Å². The number of unbranched alkanes of at least 4 members (excludes halogenated alkanes) is 1. The number of aromatic hydroxyl groups is 1. The Hall–Kier alpha value is -5.88. The summed E-state index contributed by atoms with van der Waals surface area (Å²) in [7, 11) is 0. The molecule has 1 fully saturated rings. The number of phenols is 1. The average molecular weight is 832 g/mol. The minimum atomic E-state index is -1.64. The number of hydrogen-bond donors (Lipinski definition) is 10. The summed E-state index contributed by atoms with van der Waals surface area (Å²) in [5.41, 5.74) is 15.3. The number of benzene rings is 3.